The molecule has 0 aromatic carbocycles. The molecule has 4 atom stereocenters. The highest BCUT2D eigenvalue weighted by molar-refractivity contribution is 5.04. The number of aliphatic hydroxyl groups excluding tert-OH is 4. The second-order valence-electron chi connectivity index (χ2n) is 5.06. The van der Waals surface area contributed by atoms with Gasteiger partial charge in [0.05, 0.1) is 37.5 Å². The highest BCUT2D eigenvalue weighted by Crippen LogP contribution is 2.31. The number of likely N-dealkylation sites (tertiary alicyclic amines) is 1. The van der Waals surface area contributed by atoms with Crippen molar-refractivity contribution in [1.29, 1.82) is 0 Å². The molecular weight excluding hydrogens is 198 g/mol. The molecule has 1 fully saturated rings. The highest BCUT2D eigenvalue weighted by Gasteiger charge is 2.50. The summed E-state index contributed by atoms with van der Waals surface area (Å²) < 4.78 is 0. The third-order valence-electron chi connectivity index (χ3n) is 3.00. The Labute approximate surface area is 90.0 Å². The number of aliphatic hydroxyl groups is 4. The molecule has 1 saturated heterocycles. The van der Waals surface area contributed by atoms with E-state index in [-0.39, 0.29) is 18.8 Å². The van der Waals surface area contributed by atoms with Crippen LogP contribution in [-0.2, 0) is 0 Å². The Balaban J connectivity index is 2.98. The van der Waals surface area contributed by atoms with E-state index in [4.69, 9.17) is 0 Å². The molecule has 5 heteroatoms. The minimum atomic E-state index is -1.01. The minimum Gasteiger partial charge on any atom is -0.395 e. The maximum Gasteiger partial charge on any atom is 0.0992 e. The van der Waals surface area contributed by atoms with E-state index in [0.29, 0.717) is 0 Å². The molecule has 0 amide bonds. The van der Waals surface area contributed by atoms with E-state index in [1.807, 2.05) is 20.8 Å². The Morgan fingerprint density at radius 2 is 1.27 bits per heavy atom. The van der Waals surface area contributed by atoms with E-state index in [1.54, 1.807) is 4.90 Å². The fourth-order valence-electron chi connectivity index (χ4n) is 2.42. The lowest BCUT2D eigenvalue weighted by Crippen LogP contribution is -2.53. The van der Waals surface area contributed by atoms with Crippen molar-refractivity contribution in [2.24, 2.45) is 0 Å². The molecule has 15 heavy (non-hydrogen) atoms. The Bertz CT molecular complexity index is 200. The monoisotopic (exact) mass is 219 g/mol. The molecule has 1 heterocycles. The predicted octanol–water partition coefficient (Wildman–Crippen LogP) is -1.46. The topological polar surface area (TPSA) is 84.2 Å². The van der Waals surface area contributed by atoms with Crippen molar-refractivity contribution < 1.29 is 20.4 Å². The predicted molar refractivity (Wildman–Crippen MR) is 55.4 cm³/mol. The van der Waals surface area contributed by atoms with Gasteiger partial charge in [-0.15, -0.1) is 0 Å². The maximum absolute atomic E-state index is 9.73. The van der Waals surface area contributed by atoms with E-state index >= 15 is 0 Å². The summed E-state index contributed by atoms with van der Waals surface area (Å²) in [7, 11) is 0. The van der Waals surface area contributed by atoms with Crippen molar-refractivity contribution in [1.82, 2.24) is 4.90 Å². The van der Waals surface area contributed by atoms with Crippen molar-refractivity contribution in [3.63, 3.8) is 0 Å². The first-order valence-corrected chi connectivity index (χ1v) is 5.21. The lowest BCUT2D eigenvalue weighted by atomic mass is 10.0. The van der Waals surface area contributed by atoms with Gasteiger partial charge in [-0.25, -0.2) is 0 Å². The van der Waals surface area contributed by atoms with Crippen LogP contribution in [0.4, 0.5) is 0 Å². The van der Waals surface area contributed by atoms with E-state index in [2.05, 4.69) is 0 Å². The van der Waals surface area contributed by atoms with Gasteiger partial charge in [0.15, 0.2) is 0 Å². The van der Waals surface area contributed by atoms with E-state index in [0.717, 1.165) is 0 Å². The molecule has 4 N–H and O–H groups in total. The van der Waals surface area contributed by atoms with Crippen LogP contribution in [-0.4, -0.2) is 68.4 Å². The normalized spacial score (nSPS) is 38.6. The van der Waals surface area contributed by atoms with Crippen LogP contribution in [0.5, 0.6) is 0 Å². The first-order valence-electron chi connectivity index (χ1n) is 5.21. The minimum absolute atomic E-state index is 0.230. The molecule has 1 rings (SSSR count). The summed E-state index contributed by atoms with van der Waals surface area (Å²) in [5.41, 5.74) is -0.320. The van der Waals surface area contributed by atoms with Gasteiger partial charge in [0.1, 0.15) is 0 Å². The van der Waals surface area contributed by atoms with Gasteiger partial charge in [-0.2, -0.15) is 0 Å². The average molecular weight is 219 g/mol. The van der Waals surface area contributed by atoms with Crippen molar-refractivity contribution in [3.8, 4) is 0 Å². The van der Waals surface area contributed by atoms with Crippen LogP contribution < -0.4 is 0 Å². The van der Waals surface area contributed by atoms with Gasteiger partial charge in [0.2, 0.25) is 0 Å². The first-order chi connectivity index (χ1) is 6.84. The summed E-state index contributed by atoms with van der Waals surface area (Å²) in [4.78, 5) is 1.78. The molecule has 1 aliphatic rings. The molecule has 0 bridgehead atoms. The third-order valence-corrected chi connectivity index (χ3v) is 3.00. The van der Waals surface area contributed by atoms with Crippen LogP contribution >= 0.6 is 0 Å². The number of nitrogens with zero attached hydrogens (tertiary/aromatic N) is 1. The van der Waals surface area contributed by atoms with E-state index < -0.39 is 24.3 Å². The van der Waals surface area contributed by atoms with E-state index in [1.165, 1.54) is 0 Å². The zero-order chi connectivity index (χ0) is 11.8. The SMILES string of the molecule is CC(C)(C)N1[C@@H](CO)[C@H](O)[C@@H](O)[C@@H]1CO. The Hall–Kier alpha value is -0.200. The van der Waals surface area contributed by atoms with Crippen molar-refractivity contribution in [2.45, 2.75) is 50.6 Å². The first kappa shape index (κ1) is 12.9. The zero-order valence-electron chi connectivity index (χ0n) is 9.46. The summed E-state index contributed by atoms with van der Waals surface area (Å²) in [5.74, 6) is 0. The molecule has 90 valence electrons. The highest BCUT2D eigenvalue weighted by atomic mass is 16.3. The van der Waals surface area contributed by atoms with Crippen LogP contribution in [0.3, 0.4) is 0 Å². The molecule has 0 radical (unpaired) electrons. The smallest absolute Gasteiger partial charge is 0.0992 e. The van der Waals surface area contributed by atoms with Crippen LogP contribution in [0, 0.1) is 0 Å². The molecule has 0 aromatic rings. The van der Waals surface area contributed by atoms with Crippen molar-refractivity contribution in [2.75, 3.05) is 13.2 Å². The van der Waals surface area contributed by atoms with Gasteiger partial charge >= 0.3 is 0 Å². The lowest BCUT2D eigenvalue weighted by molar-refractivity contribution is 0.000780. The average Bonchev–Trinajstić information content (AvgIpc) is 2.39. The lowest BCUT2D eigenvalue weighted by Gasteiger charge is -2.40. The van der Waals surface area contributed by atoms with Gasteiger partial charge in [-0.3, -0.25) is 4.90 Å². The van der Waals surface area contributed by atoms with Gasteiger partial charge in [-0.05, 0) is 20.8 Å². The van der Waals surface area contributed by atoms with Crippen LogP contribution in [0.25, 0.3) is 0 Å². The summed E-state index contributed by atoms with van der Waals surface area (Å²) >= 11 is 0. The van der Waals surface area contributed by atoms with Gasteiger partial charge in [0, 0.05) is 5.54 Å². The number of rotatable bonds is 2. The van der Waals surface area contributed by atoms with Crippen LogP contribution in [0.1, 0.15) is 20.8 Å². The Morgan fingerprint density at radius 1 is 0.933 bits per heavy atom. The largest absolute Gasteiger partial charge is 0.395 e. The fourth-order valence-corrected chi connectivity index (χ4v) is 2.42. The number of hydrogen-bond donors (Lipinski definition) is 4. The summed E-state index contributed by atoms with van der Waals surface area (Å²) in [5, 5.41) is 37.9. The standard InChI is InChI=1S/C10H21NO4/c1-10(2,3)11-6(4-12)8(14)9(15)7(11)5-13/h6-9,12-15H,4-5H2,1-3H3/t6-,7-,8-,9-/m0/s1. The Kier molecular flexibility index (Phi) is 3.73. The third kappa shape index (κ3) is 2.16. The molecular formula is C10H21NO4. The molecule has 0 aliphatic carbocycles. The van der Waals surface area contributed by atoms with Gasteiger partial charge in [-0.1, -0.05) is 0 Å². The maximum atomic E-state index is 9.73. The van der Waals surface area contributed by atoms with Crippen LogP contribution in [0.15, 0.2) is 0 Å². The summed E-state index contributed by atoms with van der Waals surface area (Å²) in [6.45, 7) is 5.30. The van der Waals surface area contributed by atoms with Crippen molar-refractivity contribution in [3.05, 3.63) is 0 Å². The van der Waals surface area contributed by atoms with Gasteiger partial charge in [0.25, 0.3) is 0 Å². The Morgan fingerprint density at radius 3 is 1.47 bits per heavy atom. The van der Waals surface area contributed by atoms with Gasteiger partial charge < -0.3 is 20.4 Å². The zero-order valence-corrected chi connectivity index (χ0v) is 9.46. The quantitative estimate of drug-likeness (QED) is 0.456. The molecule has 0 aromatic heterocycles. The molecule has 1 aliphatic heterocycles. The fraction of sp³-hybridized carbons (Fsp3) is 1.00. The van der Waals surface area contributed by atoms with Crippen LogP contribution in [0.2, 0.25) is 0 Å². The number of hydrogen-bond acceptors (Lipinski definition) is 5. The second kappa shape index (κ2) is 4.35. The van der Waals surface area contributed by atoms with E-state index in [9.17, 15) is 20.4 Å². The summed E-state index contributed by atoms with van der Waals surface area (Å²) in [6, 6.07) is -1.03. The molecule has 5 nitrogen and oxygen atoms in total. The molecule has 0 saturated carbocycles. The molecule has 0 spiro atoms. The summed E-state index contributed by atoms with van der Waals surface area (Å²) in [6.07, 6.45) is -2.02. The van der Waals surface area contributed by atoms with Crippen molar-refractivity contribution >= 4 is 0 Å². The second-order valence-corrected chi connectivity index (χ2v) is 5.06. The molecule has 0 unspecified atom stereocenters.